The number of hydrogen-bond acceptors (Lipinski definition) is 4. The molecule has 3 rings (SSSR count). The Morgan fingerprint density at radius 3 is 1.77 bits per heavy atom. The van der Waals surface area contributed by atoms with Gasteiger partial charge in [-0.2, -0.15) is 26.3 Å². The smallest absolute Gasteiger partial charge is 0.416 e. The maximum atomic E-state index is 13.4. The zero-order chi connectivity index (χ0) is 33.0. The van der Waals surface area contributed by atoms with E-state index in [-0.39, 0.29) is 29.3 Å². The third-order valence-electron chi connectivity index (χ3n) is 6.43. The van der Waals surface area contributed by atoms with E-state index in [9.17, 15) is 45.8 Å². The molecule has 0 aliphatic carbocycles. The van der Waals surface area contributed by atoms with E-state index in [1.165, 1.54) is 24.3 Å². The van der Waals surface area contributed by atoms with Crippen molar-refractivity contribution in [3.05, 3.63) is 94.5 Å². The van der Waals surface area contributed by atoms with E-state index in [2.05, 4.69) is 10.6 Å². The summed E-state index contributed by atoms with van der Waals surface area (Å²) in [4.78, 5) is 37.6. The average molecular weight is 626 g/mol. The number of carbonyl (C=O) groups excluding carboxylic acids is 2. The molecule has 0 fully saturated rings. The fourth-order valence-corrected chi connectivity index (χ4v) is 3.96. The zero-order valence-electron chi connectivity index (χ0n) is 23.7. The second-order valence-electron chi connectivity index (χ2n) is 10.9. The number of amides is 3. The average Bonchev–Trinajstić information content (AvgIpc) is 2.93. The van der Waals surface area contributed by atoms with Crippen molar-refractivity contribution in [3.63, 3.8) is 0 Å². The van der Waals surface area contributed by atoms with Gasteiger partial charge in [0.25, 0.3) is 5.91 Å². The van der Waals surface area contributed by atoms with Crippen LogP contribution in [0, 0.1) is 0 Å². The predicted molar refractivity (Wildman–Crippen MR) is 149 cm³/mol. The summed E-state index contributed by atoms with van der Waals surface area (Å²) < 4.78 is 80.2. The van der Waals surface area contributed by atoms with Gasteiger partial charge >= 0.3 is 24.4 Å². The second-order valence-corrected chi connectivity index (χ2v) is 10.9. The second kappa shape index (κ2) is 13.0. The van der Waals surface area contributed by atoms with Crippen LogP contribution in [0.3, 0.4) is 0 Å². The van der Waals surface area contributed by atoms with Gasteiger partial charge in [0.2, 0.25) is 0 Å². The highest BCUT2D eigenvalue weighted by Crippen LogP contribution is 2.38. The minimum Gasteiger partial charge on any atom is -0.479 e. The molecule has 3 amide bonds. The lowest BCUT2D eigenvalue weighted by atomic mass is 9.87. The summed E-state index contributed by atoms with van der Waals surface area (Å²) in [6.45, 7) is 5.13. The van der Waals surface area contributed by atoms with Crippen molar-refractivity contribution < 1.29 is 50.9 Å². The molecule has 0 radical (unpaired) electrons. The Hall–Kier alpha value is -4.59. The van der Waals surface area contributed by atoms with Crippen LogP contribution in [0.5, 0.6) is 0 Å². The minimum absolute atomic E-state index is 0.0429. The van der Waals surface area contributed by atoms with Gasteiger partial charge in [-0.05, 0) is 59.0 Å². The van der Waals surface area contributed by atoms with Crippen LogP contribution in [-0.4, -0.2) is 40.8 Å². The van der Waals surface area contributed by atoms with E-state index in [1.54, 1.807) is 24.3 Å². The zero-order valence-corrected chi connectivity index (χ0v) is 23.7. The van der Waals surface area contributed by atoms with Gasteiger partial charge in [-0.3, -0.25) is 9.69 Å². The number of halogens is 6. The molecule has 3 aromatic carbocycles. The van der Waals surface area contributed by atoms with Crippen LogP contribution in [0.15, 0.2) is 66.7 Å². The fraction of sp³-hybridized carbons (Fsp3) is 0.300. The summed E-state index contributed by atoms with van der Waals surface area (Å²) in [5.74, 6) is -2.21. The van der Waals surface area contributed by atoms with E-state index >= 15 is 0 Å². The molecule has 236 valence electrons. The Labute approximate surface area is 248 Å². The van der Waals surface area contributed by atoms with Crippen molar-refractivity contribution in [2.45, 2.75) is 51.2 Å². The van der Waals surface area contributed by atoms with Crippen molar-refractivity contribution in [1.82, 2.24) is 5.32 Å². The number of alkyl halides is 6. The van der Waals surface area contributed by atoms with Crippen molar-refractivity contribution in [2.24, 2.45) is 0 Å². The monoisotopic (exact) mass is 625 g/mol. The van der Waals surface area contributed by atoms with Crippen molar-refractivity contribution in [3.8, 4) is 0 Å². The highest BCUT2D eigenvalue weighted by molar-refractivity contribution is 6.02. The molecular weight excluding hydrogens is 596 g/mol. The van der Waals surface area contributed by atoms with Gasteiger partial charge in [0.1, 0.15) is 0 Å². The Morgan fingerprint density at radius 1 is 0.795 bits per heavy atom. The van der Waals surface area contributed by atoms with Crippen molar-refractivity contribution in [1.29, 1.82) is 0 Å². The first-order valence-corrected chi connectivity index (χ1v) is 13.0. The van der Waals surface area contributed by atoms with E-state index < -0.39 is 59.7 Å². The lowest BCUT2D eigenvalue weighted by molar-refractivity contribution is -0.146. The lowest BCUT2D eigenvalue weighted by Crippen LogP contribution is -2.36. The molecule has 1 atom stereocenters. The molecule has 3 aromatic rings. The Bertz CT molecular complexity index is 1470. The first-order valence-electron chi connectivity index (χ1n) is 13.0. The van der Waals surface area contributed by atoms with E-state index in [0.717, 1.165) is 10.5 Å². The SMILES string of the molecule is CC(C)(C)c1ccc(N(Cc2ccc(C(=O)NC[C@@H](O)C(=O)O)cc2)C(=O)Nc2cc(C(F)(F)F)cc(C(F)(F)F)c2)cc1. The molecule has 0 aliphatic rings. The summed E-state index contributed by atoms with van der Waals surface area (Å²) in [6, 6.07) is 12.0. The maximum absolute atomic E-state index is 13.4. The number of benzene rings is 3. The number of aliphatic carboxylic acids is 1. The molecule has 0 heterocycles. The van der Waals surface area contributed by atoms with Crippen molar-refractivity contribution >= 4 is 29.3 Å². The number of urea groups is 1. The van der Waals surface area contributed by atoms with Gasteiger partial charge in [-0.15, -0.1) is 0 Å². The van der Waals surface area contributed by atoms with Gasteiger partial charge < -0.3 is 20.8 Å². The number of nitrogens with zero attached hydrogens (tertiary/aromatic N) is 1. The van der Waals surface area contributed by atoms with Crippen LogP contribution in [0.1, 0.15) is 53.4 Å². The number of carbonyl (C=O) groups is 3. The van der Waals surface area contributed by atoms with Gasteiger partial charge in [0.15, 0.2) is 6.10 Å². The molecule has 4 N–H and O–H groups in total. The summed E-state index contributed by atoms with van der Waals surface area (Å²) in [5, 5.41) is 22.5. The van der Waals surface area contributed by atoms with Crippen LogP contribution < -0.4 is 15.5 Å². The standard InChI is InChI=1S/C30H29F6N3O5/c1-28(2,3)19-8-10-23(11-9-19)39(16-17-4-6-18(7-5-17)25(41)37-15-24(40)26(42)43)27(44)38-22-13-20(29(31,32)33)12-21(14-22)30(34,35)36/h4-14,24,40H,15-16H2,1-3H3,(H,37,41)(H,38,44)(H,42,43)/t24-/m1/s1. The Balaban J connectivity index is 1.93. The number of aliphatic hydroxyl groups is 1. The third kappa shape index (κ3) is 8.96. The molecule has 0 bridgehead atoms. The predicted octanol–water partition coefficient (Wildman–Crippen LogP) is 6.44. The van der Waals surface area contributed by atoms with Crippen LogP contribution in [-0.2, 0) is 29.1 Å². The summed E-state index contributed by atoms with van der Waals surface area (Å²) in [5.41, 5.74) is -2.44. The Kier molecular flexibility index (Phi) is 9.98. The first kappa shape index (κ1) is 33.9. The number of anilines is 2. The van der Waals surface area contributed by atoms with Crippen LogP contribution in [0.25, 0.3) is 0 Å². The number of nitrogens with one attached hydrogen (secondary N) is 2. The molecule has 8 nitrogen and oxygen atoms in total. The molecule has 14 heteroatoms. The van der Waals surface area contributed by atoms with Gasteiger partial charge in [-0.1, -0.05) is 45.0 Å². The normalized spacial score (nSPS) is 12.8. The molecule has 0 aromatic heterocycles. The largest absolute Gasteiger partial charge is 0.479 e. The number of carboxylic acid groups (broad SMARTS) is 1. The van der Waals surface area contributed by atoms with Gasteiger partial charge in [0.05, 0.1) is 24.2 Å². The van der Waals surface area contributed by atoms with E-state index in [1.807, 2.05) is 20.8 Å². The van der Waals surface area contributed by atoms with Gasteiger partial charge in [-0.25, -0.2) is 9.59 Å². The molecule has 0 saturated heterocycles. The van der Waals surface area contributed by atoms with Gasteiger partial charge in [0, 0.05) is 16.9 Å². The van der Waals surface area contributed by atoms with E-state index in [0.29, 0.717) is 17.7 Å². The summed E-state index contributed by atoms with van der Waals surface area (Å²) in [7, 11) is 0. The summed E-state index contributed by atoms with van der Waals surface area (Å²) >= 11 is 0. The fourth-order valence-electron chi connectivity index (χ4n) is 3.96. The molecule has 44 heavy (non-hydrogen) atoms. The van der Waals surface area contributed by atoms with Crippen LogP contribution in [0.4, 0.5) is 42.5 Å². The summed E-state index contributed by atoms with van der Waals surface area (Å²) in [6.07, 6.45) is -12.0. The lowest BCUT2D eigenvalue weighted by Gasteiger charge is -2.26. The highest BCUT2D eigenvalue weighted by Gasteiger charge is 2.37. The third-order valence-corrected chi connectivity index (χ3v) is 6.43. The first-order chi connectivity index (χ1) is 20.3. The number of aliphatic hydroxyl groups excluding tert-OH is 1. The van der Waals surface area contributed by atoms with Crippen LogP contribution in [0.2, 0.25) is 0 Å². The van der Waals surface area contributed by atoms with E-state index in [4.69, 9.17) is 5.11 Å². The number of rotatable bonds is 8. The molecular formula is C30H29F6N3O5. The van der Waals surface area contributed by atoms with Crippen LogP contribution >= 0.6 is 0 Å². The molecule has 0 aliphatic heterocycles. The molecule has 0 spiro atoms. The topological polar surface area (TPSA) is 119 Å². The van der Waals surface area contributed by atoms with Crippen molar-refractivity contribution in [2.75, 3.05) is 16.8 Å². The highest BCUT2D eigenvalue weighted by atomic mass is 19.4. The minimum atomic E-state index is -5.11. The maximum Gasteiger partial charge on any atom is 0.416 e. The molecule has 0 saturated carbocycles. The number of hydrogen-bond donors (Lipinski definition) is 4. The quantitative estimate of drug-likeness (QED) is 0.215. The molecule has 0 unspecified atom stereocenters. The Morgan fingerprint density at radius 2 is 1.32 bits per heavy atom. The number of carboxylic acids is 1.